The van der Waals surface area contributed by atoms with Crippen LogP contribution >= 0.6 is 11.6 Å². The number of nitrogens with zero attached hydrogens (tertiary/aromatic N) is 1. The molecule has 40 heavy (non-hydrogen) atoms. The molecule has 1 saturated carbocycles. The summed E-state index contributed by atoms with van der Waals surface area (Å²) in [6.07, 6.45) is 8.28. The second kappa shape index (κ2) is 10.7. The minimum Gasteiger partial charge on any atom is -0.359 e. The van der Waals surface area contributed by atoms with E-state index in [0.717, 1.165) is 31.2 Å². The van der Waals surface area contributed by atoms with Crippen molar-refractivity contribution < 1.29 is 19.1 Å². The maximum atomic E-state index is 14.2. The van der Waals surface area contributed by atoms with E-state index in [1.807, 2.05) is 54.6 Å². The van der Waals surface area contributed by atoms with Crippen molar-refractivity contribution >= 4 is 35.0 Å². The Kier molecular flexibility index (Phi) is 7.21. The van der Waals surface area contributed by atoms with E-state index in [-0.39, 0.29) is 30.3 Å². The maximum absolute atomic E-state index is 14.2. The van der Waals surface area contributed by atoms with Gasteiger partial charge in [0.2, 0.25) is 17.7 Å². The Balaban J connectivity index is 1.31. The molecule has 3 heterocycles. The van der Waals surface area contributed by atoms with Gasteiger partial charge >= 0.3 is 0 Å². The summed E-state index contributed by atoms with van der Waals surface area (Å²) >= 11 is 6.48. The Morgan fingerprint density at radius 2 is 1.77 bits per heavy atom. The molecule has 1 spiro atoms. The number of anilines is 1. The zero-order valence-corrected chi connectivity index (χ0v) is 23.7. The number of hydrogen-bond donors (Lipinski definition) is 2. The fourth-order valence-electron chi connectivity index (χ4n) is 6.95. The van der Waals surface area contributed by atoms with Crippen LogP contribution in [0.5, 0.6) is 0 Å². The van der Waals surface area contributed by atoms with Gasteiger partial charge < -0.3 is 20.3 Å². The van der Waals surface area contributed by atoms with E-state index >= 15 is 0 Å². The van der Waals surface area contributed by atoms with Crippen molar-refractivity contribution in [3.05, 3.63) is 76.8 Å². The van der Waals surface area contributed by atoms with Crippen LogP contribution in [0.25, 0.3) is 0 Å². The lowest BCUT2D eigenvalue weighted by molar-refractivity contribution is -0.142. The Morgan fingerprint density at radius 3 is 2.48 bits per heavy atom. The molecule has 3 fully saturated rings. The summed E-state index contributed by atoms with van der Waals surface area (Å²) in [7, 11) is 0. The van der Waals surface area contributed by atoms with Gasteiger partial charge in [-0.1, -0.05) is 87.2 Å². The SMILES string of the molecule is CC(C)c1ccc(NC(=O)C2C3C=CC4(O3)C2C(=O)N(Cc2ccccc2Cl)C4C(=O)NC2CCCCC2)cc1. The molecule has 7 nitrogen and oxygen atoms in total. The highest BCUT2D eigenvalue weighted by atomic mass is 35.5. The van der Waals surface area contributed by atoms with Crippen LogP contribution in [0.3, 0.4) is 0 Å². The number of carbonyl (C=O) groups is 3. The van der Waals surface area contributed by atoms with Crippen molar-refractivity contribution in [2.75, 3.05) is 5.32 Å². The number of rotatable bonds is 7. The first-order chi connectivity index (χ1) is 19.3. The van der Waals surface area contributed by atoms with E-state index < -0.39 is 29.6 Å². The second-order valence-electron chi connectivity index (χ2n) is 11.9. The fourth-order valence-corrected chi connectivity index (χ4v) is 7.15. The Labute approximate surface area is 240 Å². The van der Waals surface area contributed by atoms with Crippen molar-refractivity contribution in [3.63, 3.8) is 0 Å². The van der Waals surface area contributed by atoms with Gasteiger partial charge in [0.1, 0.15) is 11.6 Å². The molecule has 2 aromatic carbocycles. The highest BCUT2D eigenvalue weighted by Crippen LogP contribution is 2.55. The molecule has 1 aliphatic carbocycles. The third-order valence-corrected chi connectivity index (χ3v) is 9.39. The summed E-state index contributed by atoms with van der Waals surface area (Å²) in [5.41, 5.74) is 1.39. The summed E-state index contributed by atoms with van der Waals surface area (Å²) in [5, 5.41) is 6.75. The molecule has 5 atom stereocenters. The average molecular weight is 562 g/mol. The first-order valence-electron chi connectivity index (χ1n) is 14.4. The topological polar surface area (TPSA) is 87.7 Å². The van der Waals surface area contributed by atoms with Crippen molar-refractivity contribution in [1.29, 1.82) is 0 Å². The quantitative estimate of drug-likeness (QED) is 0.455. The van der Waals surface area contributed by atoms with Gasteiger partial charge in [-0.25, -0.2) is 0 Å². The lowest BCUT2D eigenvalue weighted by Gasteiger charge is -2.34. The van der Waals surface area contributed by atoms with E-state index in [2.05, 4.69) is 24.5 Å². The second-order valence-corrected chi connectivity index (χ2v) is 12.3. The third-order valence-electron chi connectivity index (χ3n) is 9.02. The Bertz CT molecular complexity index is 1340. The summed E-state index contributed by atoms with van der Waals surface area (Å²) in [6.45, 7) is 4.39. The van der Waals surface area contributed by atoms with Gasteiger partial charge in [0.25, 0.3) is 0 Å². The van der Waals surface area contributed by atoms with E-state index in [4.69, 9.17) is 16.3 Å². The zero-order valence-electron chi connectivity index (χ0n) is 22.9. The van der Waals surface area contributed by atoms with E-state index in [1.165, 1.54) is 12.0 Å². The summed E-state index contributed by atoms with van der Waals surface area (Å²) < 4.78 is 6.47. The van der Waals surface area contributed by atoms with E-state index in [1.54, 1.807) is 11.0 Å². The average Bonchev–Trinajstić information content (AvgIpc) is 3.58. The molecule has 0 aromatic heterocycles. The summed E-state index contributed by atoms with van der Waals surface area (Å²) in [4.78, 5) is 43.4. The van der Waals surface area contributed by atoms with Crippen LogP contribution in [0.1, 0.15) is 63.0 Å². The predicted molar refractivity (Wildman–Crippen MR) is 154 cm³/mol. The van der Waals surface area contributed by atoms with Crippen LogP contribution < -0.4 is 10.6 Å². The predicted octanol–water partition coefficient (Wildman–Crippen LogP) is 5.20. The Hall–Kier alpha value is -3.16. The number of fused-ring (bicyclic) bond motifs is 1. The molecule has 0 radical (unpaired) electrons. The van der Waals surface area contributed by atoms with Crippen LogP contribution in [-0.4, -0.2) is 46.4 Å². The molecule has 2 aromatic rings. The molecule has 3 amide bonds. The van der Waals surface area contributed by atoms with Gasteiger partial charge in [-0.2, -0.15) is 0 Å². The third kappa shape index (κ3) is 4.63. The number of benzene rings is 2. The monoisotopic (exact) mass is 561 g/mol. The lowest BCUT2D eigenvalue weighted by atomic mass is 9.74. The van der Waals surface area contributed by atoms with Gasteiger partial charge in [0, 0.05) is 23.3 Å². The minimum absolute atomic E-state index is 0.0736. The zero-order chi connectivity index (χ0) is 28.0. The van der Waals surface area contributed by atoms with Crippen molar-refractivity contribution in [2.24, 2.45) is 11.8 Å². The van der Waals surface area contributed by atoms with Crippen LogP contribution in [0.2, 0.25) is 5.02 Å². The summed E-state index contributed by atoms with van der Waals surface area (Å²) in [5.74, 6) is -1.94. The molecule has 6 rings (SSSR count). The standard InChI is InChI=1S/C32H36ClN3O4/c1-19(2)20-12-14-23(15-13-20)34-29(37)26-25-16-17-32(40-25)27(26)31(39)36(18-21-8-6-7-11-24(21)33)28(32)30(38)35-22-9-4-3-5-10-22/h6-8,11-17,19,22,25-28H,3-5,9-10,18H2,1-2H3,(H,34,37)(H,35,38). The number of halogens is 1. The first-order valence-corrected chi connectivity index (χ1v) is 14.8. The number of ether oxygens (including phenoxy) is 1. The number of nitrogens with one attached hydrogen (secondary N) is 2. The van der Waals surface area contributed by atoms with Crippen molar-refractivity contribution in [3.8, 4) is 0 Å². The molecule has 5 unspecified atom stereocenters. The lowest BCUT2D eigenvalue weighted by Crippen LogP contribution is -2.56. The largest absolute Gasteiger partial charge is 0.359 e. The maximum Gasteiger partial charge on any atom is 0.246 e. The highest BCUT2D eigenvalue weighted by molar-refractivity contribution is 6.31. The molecule has 2 saturated heterocycles. The fraction of sp³-hybridized carbons (Fsp3) is 0.469. The van der Waals surface area contributed by atoms with Crippen LogP contribution in [0.15, 0.2) is 60.7 Å². The number of likely N-dealkylation sites (tertiary alicyclic amines) is 1. The molecule has 8 heteroatoms. The first kappa shape index (κ1) is 27.0. The van der Waals surface area contributed by atoms with E-state index in [0.29, 0.717) is 16.6 Å². The molecular weight excluding hydrogens is 526 g/mol. The molecule has 3 aliphatic heterocycles. The van der Waals surface area contributed by atoms with Crippen LogP contribution in [0, 0.1) is 11.8 Å². The molecule has 4 aliphatic rings. The van der Waals surface area contributed by atoms with Gasteiger partial charge in [0.05, 0.1) is 17.9 Å². The van der Waals surface area contributed by atoms with Gasteiger partial charge in [-0.15, -0.1) is 0 Å². The molecular formula is C32H36ClN3O4. The highest BCUT2D eigenvalue weighted by Gasteiger charge is 2.72. The van der Waals surface area contributed by atoms with Crippen LogP contribution in [0.4, 0.5) is 5.69 Å². The van der Waals surface area contributed by atoms with Crippen LogP contribution in [-0.2, 0) is 25.7 Å². The summed E-state index contributed by atoms with van der Waals surface area (Å²) in [6, 6.07) is 14.3. The van der Waals surface area contributed by atoms with Crippen molar-refractivity contribution in [1.82, 2.24) is 10.2 Å². The molecule has 2 N–H and O–H groups in total. The number of carbonyl (C=O) groups excluding carboxylic acids is 3. The molecule has 210 valence electrons. The minimum atomic E-state index is -1.20. The smallest absolute Gasteiger partial charge is 0.246 e. The number of hydrogen-bond acceptors (Lipinski definition) is 4. The van der Waals surface area contributed by atoms with Crippen molar-refractivity contribution in [2.45, 2.75) is 82.2 Å². The Morgan fingerprint density at radius 1 is 1.05 bits per heavy atom. The normalized spacial score (nSPS) is 29.2. The molecule has 2 bridgehead atoms. The van der Waals surface area contributed by atoms with E-state index in [9.17, 15) is 14.4 Å². The van der Waals surface area contributed by atoms with Gasteiger partial charge in [-0.3, -0.25) is 14.4 Å². The van der Waals surface area contributed by atoms with Gasteiger partial charge in [0.15, 0.2) is 0 Å². The van der Waals surface area contributed by atoms with Gasteiger partial charge in [-0.05, 0) is 48.1 Å². The number of amides is 3.